The summed E-state index contributed by atoms with van der Waals surface area (Å²) >= 11 is 0. The molecule has 1 saturated carbocycles. The van der Waals surface area contributed by atoms with Gasteiger partial charge in [-0.05, 0) is 36.9 Å². The Morgan fingerprint density at radius 1 is 1.30 bits per heavy atom. The van der Waals surface area contributed by atoms with Gasteiger partial charge in [0.1, 0.15) is 4.75 Å². The predicted octanol–water partition coefficient (Wildman–Crippen LogP) is 1.35. The number of hydrogen-bond donors (Lipinski definition) is 2. The molecule has 5 nitrogen and oxygen atoms in total. The predicted molar refractivity (Wildman–Crippen MR) is 89.9 cm³/mol. The van der Waals surface area contributed by atoms with Gasteiger partial charge in [0, 0.05) is 18.8 Å². The Labute approximate surface area is 137 Å². The van der Waals surface area contributed by atoms with Crippen LogP contribution in [0.3, 0.4) is 0 Å². The van der Waals surface area contributed by atoms with E-state index in [-0.39, 0.29) is 11.9 Å². The van der Waals surface area contributed by atoms with E-state index in [4.69, 9.17) is 0 Å². The van der Waals surface area contributed by atoms with Gasteiger partial charge in [0.05, 0.1) is 0 Å². The van der Waals surface area contributed by atoms with Gasteiger partial charge in [0.25, 0.3) is 0 Å². The quantitative estimate of drug-likeness (QED) is 0.870. The SMILES string of the molecule is CS(=O)(=O)C1(C(=O)NCC2NCCc3ccccc32)CCCC1. The molecule has 1 amide bonds. The molecule has 2 aliphatic rings. The molecule has 126 valence electrons. The largest absolute Gasteiger partial charge is 0.353 e. The number of fused-ring (bicyclic) bond motifs is 1. The first-order valence-electron chi connectivity index (χ1n) is 8.23. The first-order chi connectivity index (χ1) is 10.9. The van der Waals surface area contributed by atoms with Gasteiger partial charge in [0.15, 0.2) is 9.84 Å². The molecular weight excluding hydrogens is 312 g/mol. The topological polar surface area (TPSA) is 75.3 Å². The van der Waals surface area contributed by atoms with E-state index in [1.54, 1.807) is 0 Å². The second-order valence-electron chi connectivity index (χ2n) is 6.64. The highest BCUT2D eigenvalue weighted by Gasteiger charge is 2.49. The summed E-state index contributed by atoms with van der Waals surface area (Å²) in [4.78, 5) is 12.7. The lowest BCUT2D eigenvalue weighted by Crippen LogP contribution is -2.52. The van der Waals surface area contributed by atoms with E-state index in [1.807, 2.05) is 12.1 Å². The van der Waals surface area contributed by atoms with Crippen molar-refractivity contribution in [3.63, 3.8) is 0 Å². The van der Waals surface area contributed by atoms with Crippen molar-refractivity contribution in [2.75, 3.05) is 19.3 Å². The highest BCUT2D eigenvalue weighted by atomic mass is 32.2. The zero-order valence-electron chi connectivity index (χ0n) is 13.5. The molecule has 1 aromatic rings. The van der Waals surface area contributed by atoms with Gasteiger partial charge in [0.2, 0.25) is 5.91 Å². The minimum atomic E-state index is -3.41. The molecule has 0 aromatic heterocycles. The fourth-order valence-electron chi connectivity index (χ4n) is 3.84. The average molecular weight is 336 g/mol. The fourth-order valence-corrected chi connectivity index (χ4v) is 5.28. The zero-order valence-corrected chi connectivity index (χ0v) is 14.3. The van der Waals surface area contributed by atoms with Crippen molar-refractivity contribution in [2.45, 2.75) is 42.9 Å². The minimum Gasteiger partial charge on any atom is -0.353 e. The third-order valence-corrected chi connectivity index (χ3v) is 7.23. The molecule has 23 heavy (non-hydrogen) atoms. The van der Waals surface area contributed by atoms with Crippen LogP contribution in [-0.2, 0) is 21.1 Å². The van der Waals surface area contributed by atoms with E-state index in [1.165, 1.54) is 17.4 Å². The van der Waals surface area contributed by atoms with Crippen LogP contribution >= 0.6 is 0 Å². The van der Waals surface area contributed by atoms with Crippen LogP contribution < -0.4 is 10.6 Å². The summed E-state index contributed by atoms with van der Waals surface area (Å²) in [5, 5.41) is 6.31. The Balaban J connectivity index is 1.73. The van der Waals surface area contributed by atoms with Crippen molar-refractivity contribution in [3.8, 4) is 0 Å². The maximum absolute atomic E-state index is 12.7. The van der Waals surface area contributed by atoms with Crippen molar-refractivity contribution in [1.29, 1.82) is 0 Å². The first kappa shape index (κ1) is 16.5. The molecule has 0 radical (unpaired) electrons. The van der Waals surface area contributed by atoms with Gasteiger partial charge in [-0.25, -0.2) is 8.42 Å². The van der Waals surface area contributed by atoms with Crippen LogP contribution in [0, 0.1) is 0 Å². The zero-order chi connectivity index (χ0) is 16.5. The third kappa shape index (κ3) is 3.02. The van der Waals surface area contributed by atoms with Crippen molar-refractivity contribution >= 4 is 15.7 Å². The van der Waals surface area contributed by atoms with Crippen LogP contribution in [0.5, 0.6) is 0 Å². The molecule has 0 saturated heterocycles. The number of rotatable bonds is 4. The Hall–Kier alpha value is -1.40. The number of hydrogen-bond acceptors (Lipinski definition) is 4. The molecule has 1 fully saturated rings. The average Bonchev–Trinajstić information content (AvgIpc) is 3.03. The number of carbonyl (C=O) groups excluding carboxylic acids is 1. The van der Waals surface area contributed by atoms with Gasteiger partial charge >= 0.3 is 0 Å². The lowest BCUT2D eigenvalue weighted by atomic mass is 9.94. The van der Waals surface area contributed by atoms with Crippen molar-refractivity contribution in [2.24, 2.45) is 0 Å². The van der Waals surface area contributed by atoms with E-state index in [9.17, 15) is 13.2 Å². The van der Waals surface area contributed by atoms with Crippen LogP contribution in [0.4, 0.5) is 0 Å². The highest BCUT2D eigenvalue weighted by molar-refractivity contribution is 7.92. The minimum absolute atomic E-state index is 0.0434. The summed E-state index contributed by atoms with van der Waals surface area (Å²) in [6.45, 7) is 1.29. The summed E-state index contributed by atoms with van der Waals surface area (Å²) in [5.74, 6) is -0.331. The van der Waals surface area contributed by atoms with Crippen LogP contribution in [0.15, 0.2) is 24.3 Å². The maximum atomic E-state index is 12.7. The van der Waals surface area contributed by atoms with Crippen LogP contribution in [0.2, 0.25) is 0 Å². The summed E-state index contributed by atoms with van der Waals surface area (Å²) in [6.07, 6.45) is 4.63. The van der Waals surface area contributed by atoms with Gasteiger partial charge in [-0.1, -0.05) is 37.1 Å². The molecule has 1 heterocycles. The Morgan fingerprint density at radius 3 is 2.70 bits per heavy atom. The molecule has 1 unspecified atom stereocenters. The third-order valence-electron chi connectivity index (χ3n) is 5.22. The van der Waals surface area contributed by atoms with Gasteiger partial charge < -0.3 is 10.6 Å². The molecule has 3 rings (SSSR count). The number of amides is 1. The number of nitrogens with one attached hydrogen (secondary N) is 2. The molecule has 1 aliphatic carbocycles. The van der Waals surface area contributed by atoms with Crippen molar-refractivity contribution < 1.29 is 13.2 Å². The van der Waals surface area contributed by atoms with Gasteiger partial charge in [-0.3, -0.25) is 4.79 Å². The Kier molecular flexibility index (Phi) is 4.47. The second-order valence-corrected chi connectivity index (χ2v) is 8.96. The molecular formula is C17H24N2O3S. The van der Waals surface area contributed by atoms with Gasteiger partial charge in [-0.2, -0.15) is 0 Å². The van der Waals surface area contributed by atoms with E-state index in [0.29, 0.717) is 19.4 Å². The normalized spacial score (nSPS) is 23.3. The molecule has 0 bridgehead atoms. The second kappa shape index (κ2) is 6.24. The smallest absolute Gasteiger partial charge is 0.241 e. The molecule has 1 atom stereocenters. The van der Waals surface area contributed by atoms with E-state index in [2.05, 4.69) is 22.8 Å². The van der Waals surface area contributed by atoms with E-state index >= 15 is 0 Å². The Bertz CT molecular complexity index is 694. The number of carbonyl (C=O) groups is 1. The van der Waals surface area contributed by atoms with Crippen molar-refractivity contribution in [1.82, 2.24) is 10.6 Å². The van der Waals surface area contributed by atoms with E-state index in [0.717, 1.165) is 25.8 Å². The Morgan fingerprint density at radius 2 is 2.00 bits per heavy atom. The fraction of sp³-hybridized carbons (Fsp3) is 0.588. The standard InChI is InChI=1S/C17H24N2O3S/c1-23(21,22)17(9-4-5-10-17)16(20)19-12-15-14-7-3-2-6-13(14)8-11-18-15/h2-3,6-7,15,18H,4-5,8-12H2,1H3,(H,19,20). The molecule has 0 spiro atoms. The van der Waals surface area contributed by atoms with Crippen LogP contribution in [0.25, 0.3) is 0 Å². The maximum Gasteiger partial charge on any atom is 0.241 e. The first-order valence-corrected chi connectivity index (χ1v) is 10.1. The number of sulfone groups is 1. The lowest BCUT2D eigenvalue weighted by molar-refractivity contribution is -0.123. The summed E-state index contributed by atoms with van der Waals surface area (Å²) in [6, 6.07) is 8.24. The highest BCUT2D eigenvalue weighted by Crippen LogP contribution is 2.36. The molecule has 1 aliphatic heterocycles. The van der Waals surface area contributed by atoms with Crippen molar-refractivity contribution in [3.05, 3.63) is 35.4 Å². The monoisotopic (exact) mass is 336 g/mol. The van der Waals surface area contributed by atoms with Gasteiger partial charge in [-0.15, -0.1) is 0 Å². The summed E-state index contributed by atoms with van der Waals surface area (Å²) in [5.41, 5.74) is 2.49. The molecule has 6 heteroatoms. The van der Waals surface area contributed by atoms with Crippen LogP contribution in [0.1, 0.15) is 42.9 Å². The molecule has 1 aromatic carbocycles. The lowest BCUT2D eigenvalue weighted by Gasteiger charge is -2.30. The number of benzene rings is 1. The summed E-state index contributed by atoms with van der Waals surface area (Å²) in [7, 11) is -3.41. The summed E-state index contributed by atoms with van der Waals surface area (Å²) < 4.78 is 23.1. The molecule has 2 N–H and O–H groups in total. The van der Waals surface area contributed by atoms with Crippen LogP contribution in [-0.4, -0.2) is 38.4 Å². The van der Waals surface area contributed by atoms with E-state index < -0.39 is 14.6 Å².